The summed E-state index contributed by atoms with van der Waals surface area (Å²) in [5.74, 6) is -0.380. The van der Waals surface area contributed by atoms with Gasteiger partial charge >= 0.3 is 5.97 Å². The maximum absolute atomic E-state index is 11.6. The Balaban J connectivity index is 2.02. The number of rotatable bonds is 4. The molecule has 0 radical (unpaired) electrons. The maximum Gasteiger partial charge on any atom is 0.326 e. The average Bonchev–Trinajstić information content (AvgIpc) is 2.88. The van der Waals surface area contributed by atoms with E-state index in [1.54, 1.807) is 0 Å². The Bertz CT molecular complexity index is 290. The number of aliphatic carboxylic acids is 1. The lowest BCUT2D eigenvalue weighted by atomic mass is 10.1. The number of likely N-dealkylation sites (tertiary alicyclic amines) is 1. The third kappa shape index (κ3) is 2.51. The van der Waals surface area contributed by atoms with Gasteiger partial charge in [-0.25, -0.2) is 4.79 Å². The van der Waals surface area contributed by atoms with Crippen molar-refractivity contribution in [1.29, 1.82) is 0 Å². The van der Waals surface area contributed by atoms with Crippen molar-refractivity contribution in [2.75, 3.05) is 6.54 Å². The van der Waals surface area contributed by atoms with E-state index < -0.39 is 12.0 Å². The van der Waals surface area contributed by atoms with Gasteiger partial charge in [0.05, 0.1) is 0 Å². The Morgan fingerprint density at radius 3 is 2.67 bits per heavy atom. The molecule has 2 rings (SSSR count). The zero-order valence-corrected chi connectivity index (χ0v) is 9.94. The number of carbonyl (C=O) groups is 2. The van der Waals surface area contributed by atoms with Crippen LogP contribution in [0.1, 0.15) is 25.7 Å². The Hall–Kier alpha value is -0.580. The average molecular weight is 276 g/mol. The van der Waals surface area contributed by atoms with Gasteiger partial charge in [0.15, 0.2) is 0 Å². The summed E-state index contributed by atoms with van der Waals surface area (Å²) >= 11 is 3.36. The molecule has 1 heterocycles. The van der Waals surface area contributed by atoms with E-state index in [2.05, 4.69) is 15.9 Å². The van der Waals surface area contributed by atoms with Crippen LogP contribution in [0.3, 0.4) is 0 Å². The van der Waals surface area contributed by atoms with Crippen LogP contribution in [-0.2, 0) is 9.59 Å². The zero-order valence-electron chi connectivity index (χ0n) is 8.36. The predicted molar refractivity (Wildman–Crippen MR) is 57.8 cm³/mol. The summed E-state index contributed by atoms with van der Waals surface area (Å²) in [5.41, 5.74) is 0. The molecule has 15 heavy (non-hydrogen) atoms. The van der Waals surface area contributed by atoms with E-state index in [0.29, 0.717) is 25.3 Å². The first-order valence-electron chi connectivity index (χ1n) is 5.24. The fourth-order valence-electron chi connectivity index (χ4n) is 2.02. The van der Waals surface area contributed by atoms with Gasteiger partial charge < -0.3 is 10.0 Å². The first-order chi connectivity index (χ1) is 7.08. The summed E-state index contributed by atoms with van der Waals surface area (Å²) < 4.78 is 0. The van der Waals surface area contributed by atoms with E-state index in [4.69, 9.17) is 5.11 Å². The summed E-state index contributed by atoms with van der Waals surface area (Å²) in [6.07, 6.45) is 3.28. The highest BCUT2D eigenvalue weighted by atomic mass is 79.9. The standard InChI is InChI=1S/C10H14BrNO3/c11-7-4-9(13)12(5-7)8(10(14)15)3-6-1-2-6/h6-8H,1-5H2,(H,14,15)/t7?,8-/m0/s1. The molecule has 0 spiro atoms. The highest BCUT2D eigenvalue weighted by Crippen LogP contribution is 2.36. The quantitative estimate of drug-likeness (QED) is 0.786. The molecule has 1 aliphatic carbocycles. The molecule has 5 heteroatoms. The van der Waals surface area contributed by atoms with Crippen LogP contribution in [0, 0.1) is 5.92 Å². The molecule has 1 amide bonds. The molecule has 1 aliphatic heterocycles. The molecule has 1 saturated heterocycles. The molecular weight excluding hydrogens is 262 g/mol. The van der Waals surface area contributed by atoms with Crippen molar-refractivity contribution in [1.82, 2.24) is 4.90 Å². The highest BCUT2D eigenvalue weighted by molar-refractivity contribution is 9.09. The fraction of sp³-hybridized carbons (Fsp3) is 0.800. The van der Waals surface area contributed by atoms with Crippen molar-refractivity contribution >= 4 is 27.8 Å². The number of carboxylic acid groups (broad SMARTS) is 1. The van der Waals surface area contributed by atoms with Crippen LogP contribution in [0.5, 0.6) is 0 Å². The monoisotopic (exact) mass is 275 g/mol. The van der Waals surface area contributed by atoms with Gasteiger partial charge in [-0.3, -0.25) is 4.79 Å². The predicted octanol–water partition coefficient (Wildman–Crippen LogP) is 1.24. The van der Waals surface area contributed by atoms with Crippen LogP contribution in [0.2, 0.25) is 0 Å². The third-order valence-corrected chi connectivity index (χ3v) is 3.64. The van der Waals surface area contributed by atoms with E-state index in [-0.39, 0.29) is 10.7 Å². The topological polar surface area (TPSA) is 57.6 Å². The second-order valence-corrected chi connectivity index (χ2v) is 5.68. The number of alkyl halides is 1. The second-order valence-electron chi connectivity index (χ2n) is 4.38. The van der Waals surface area contributed by atoms with E-state index in [0.717, 1.165) is 12.8 Å². The van der Waals surface area contributed by atoms with Crippen LogP contribution in [0.25, 0.3) is 0 Å². The molecule has 2 fully saturated rings. The van der Waals surface area contributed by atoms with Gasteiger partial charge in [-0.15, -0.1) is 0 Å². The molecule has 0 aromatic rings. The lowest BCUT2D eigenvalue weighted by Gasteiger charge is -2.24. The Labute approximate surface area is 96.8 Å². The van der Waals surface area contributed by atoms with Crippen LogP contribution >= 0.6 is 15.9 Å². The highest BCUT2D eigenvalue weighted by Gasteiger charge is 2.39. The van der Waals surface area contributed by atoms with Crippen LogP contribution in [0.4, 0.5) is 0 Å². The minimum Gasteiger partial charge on any atom is -0.480 e. The third-order valence-electron chi connectivity index (χ3n) is 3.03. The molecule has 4 nitrogen and oxygen atoms in total. The Kier molecular flexibility index (Phi) is 3.00. The Morgan fingerprint density at radius 2 is 2.27 bits per heavy atom. The lowest BCUT2D eigenvalue weighted by Crippen LogP contribution is -2.42. The zero-order chi connectivity index (χ0) is 11.0. The largest absolute Gasteiger partial charge is 0.480 e. The molecule has 0 aromatic heterocycles. The molecule has 84 valence electrons. The van der Waals surface area contributed by atoms with Gasteiger partial charge in [0.25, 0.3) is 0 Å². The maximum atomic E-state index is 11.6. The van der Waals surface area contributed by atoms with Crippen LogP contribution in [0.15, 0.2) is 0 Å². The first kappa shape index (κ1) is 10.9. The van der Waals surface area contributed by atoms with E-state index in [1.165, 1.54) is 4.90 Å². The number of amides is 1. The molecule has 0 aromatic carbocycles. The summed E-state index contributed by atoms with van der Waals surface area (Å²) in [5, 5.41) is 9.11. The van der Waals surface area contributed by atoms with Crippen molar-refractivity contribution < 1.29 is 14.7 Å². The summed E-state index contributed by atoms with van der Waals surface area (Å²) in [6.45, 7) is 0.530. The van der Waals surface area contributed by atoms with Crippen molar-refractivity contribution in [3.8, 4) is 0 Å². The number of carbonyl (C=O) groups excluding carboxylic acids is 1. The van der Waals surface area contributed by atoms with Crippen molar-refractivity contribution in [2.45, 2.75) is 36.6 Å². The van der Waals surface area contributed by atoms with Crippen molar-refractivity contribution in [3.05, 3.63) is 0 Å². The van der Waals surface area contributed by atoms with Gasteiger partial charge in [-0.2, -0.15) is 0 Å². The fourth-order valence-corrected chi connectivity index (χ4v) is 2.61. The summed E-state index contributed by atoms with van der Waals surface area (Å²) in [7, 11) is 0. The molecule has 1 saturated carbocycles. The number of halogens is 1. The van der Waals surface area contributed by atoms with Gasteiger partial charge in [0, 0.05) is 17.8 Å². The smallest absolute Gasteiger partial charge is 0.326 e. The number of nitrogens with zero attached hydrogens (tertiary/aromatic N) is 1. The Morgan fingerprint density at radius 1 is 1.60 bits per heavy atom. The van der Waals surface area contributed by atoms with Crippen molar-refractivity contribution in [2.24, 2.45) is 5.92 Å². The normalized spacial score (nSPS) is 28.2. The van der Waals surface area contributed by atoms with Gasteiger partial charge in [-0.1, -0.05) is 28.8 Å². The lowest BCUT2D eigenvalue weighted by molar-refractivity contribution is -0.148. The minimum atomic E-state index is -0.864. The van der Waals surface area contributed by atoms with E-state index in [1.807, 2.05) is 0 Å². The van der Waals surface area contributed by atoms with E-state index >= 15 is 0 Å². The van der Waals surface area contributed by atoms with Crippen molar-refractivity contribution in [3.63, 3.8) is 0 Å². The summed E-state index contributed by atoms with van der Waals surface area (Å²) in [6, 6.07) is -0.604. The van der Waals surface area contributed by atoms with E-state index in [9.17, 15) is 9.59 Å². The van der Waals surface area contributed by atoms with Crippen LogP contribution in [-0.4, -0.2) is 39.3 Å². The second kappa shape index (κ2) is 4.12. The molecule has 0 bridgehead atoms. The molecule has 1 N–H and O–H groups in total. The summed E-state index contributed by atoms with van der Waals surface area (Å²) in [4.78, 5) is 24.3. The number of hydrogen-bond acceptors (Lipinski definition) is 2. The number of hydrogen-bond donors (Lipinski definition) is 1. The molecule has 1 unspecified atom stereocenters. The number of carboxylic acids is 1. The first-order valence-corrected chi connectivity index (χ1v) is 6.16. The van der Waals surface area contributed by atoms with Gasteiger partial charge in [-0.05, 0) is 12.3 Å². The molecule has 2 atom stereocenters. The SMILES string of the molecule is O=C(O)[C@H](CC1CC1)N1CC(Br)CC1=O. The van der Waals surface area contributed by atoms with Gasteiger partial charge in [0.1, 0.15) is 6.04 Å². The molecule has 2 aliphatic rings. The molecular formula is C10H14BrNO3. The minimum absolute atomic E-state index is 0.0371. The van der Waals surface area contributed by atoms with Crippen LogP contribution < -0.4 is 0 Å². The van der Waals surface area contributed by atoms with Gasteiger partial charge in [0.2, 0.25) is 5.91 Å².